The zero-order valence-corrected chi connectivity index (χ0v) is 10.9. The minimum absolute atomic E-state index is 0.606. The van der Waals surface area contributed by atoms with E-state index < -0.39 is 0 Å². The van der Waals surface area contributed by atoms with Gasteiger partial charge in [-0.1, -0.05) is 6.07 Å². The molecule has 3 aromatic heterocycles. The van der Waals surface area contributed by atoms with Crippen molar-refractivity contribution >= 4 is 27.3 Å². The summed E-state index contributed by atoms with van der Waals surface area (Å²) in [6.07, 6.45) is 5.24. The average molecular weight is 267 g/mol. The number of aryl methyl sites for hydroxylation is 1. The van der Waals surface area contributed by atoms with Gasteiger partial charge in [-0.05, 0) is 24.6 Å². The first-order valence-corrected chi connectivity index (χ1v) is 6.64. The normalized spacial score (nSPS) is 11.4. The Morgan fingerprint density at radius 1 is 1.16 bits per heavy atom. The molecule has 0 radical (unpaired) electrons. The molecule has 3 heterocycles. The average Bonchev–Trinajstić information content (AvgIpc) is 3.01. The van der Waals surface area contributed by atoms with Crippen LogP contribution in [0.1, 0.15) is 5.01 Å². The van der Waals surface area contributed by atoms with Gasteiger partial charge in [0.15, 0.2) is 0 Å². The Labute approximate surface area is 112 Å². The summed E-state index contributed by atoms with van der Waals surface area (Å²) in [6.45, 7) is 2.02. The highest BCUT2D eigenvalue weighted by atomic mass is 32.1. The summed E-state index contributed by atoms with van der Waals surface area (Å²) in [5.41, 5.74) is 3.12. The van der Waals surface area contributed by atoms with E-state index in [0.29, 0.717) is 5.78 Å². The summed E-state index contributed by atoms with van der Waals surface area (Å²) in [6, 6.07) is 6.26. The molecule has 0 amide bonds. The van der Waals surface area contributed by atoms with Crippen LogP contribution in [0.15, 0.2) is 36.9 Å². The molecule has 0 unspecified atom stereocenters. The number of hydrogen-bond donors (Lipinski definition) is 0. The van der Waals surface area contributed by atoms with Crippen LogP contribution in [0.2, 0.25) is 0 Å². The lowest BCUT2D eigenvalue weighted by molar-refractivity contribution is 0.941. The van der Waals surface area contributed by atoms with Crippen LogP contribution in [0.4, 0.5) is 0 Å². The fraction of sp³-hybridized carbons (Fsp3) is 0.0769. The molecule has 4 aromatic rings. The first kappa shape index (κ1) is 10.6. The Kier molecular flexibility index (Phi) is 2.13. The van der Waals surface area contributed by atoms with Crippen LogP contribution in [0, 0.1) is 6.92 Å². The highest BCUT2D eigenvalue weighted by Crippen LogP contribution is 2.27. The zero-order valence-electron chi connectivity index (χ0n) is 10.1. The van der Waals surface area contributed by atoms with E-state index in [4.69, 9.17) is 0 Å². The van der Waals surface area contributed by atoms with E-state index in [1.807, 2.05) is 19.3 Å². The minimum Gasteiger partial charge on any atom is -0.241 e. The number of hydrogen-bond acceptors (Lipinski definition) is 5. The number of fused-ring (bicyclic) bond motifs is 2. The van der Waals surface area contributed by atoms with Crippen molar-refractivity contribution < 1.29 is 0 Å². The second-order valence-electron chi connectivity index (χ2n) is 4.26. The van der Waals surface area contributed by atoms with Crippen LogP contribution in [0.5, 0.6) is 0 Å². The monoisotopic (exact) mass is 267 g/mol. The molecule has 0 saturated carbocycles. The molecule has 6 heteroatoms. The minimum atomic E-state index is 0.606. The first-order chi connectivity index (χ1) is 9.29. The van der Waals surface area contributed by atoms with E-state index >= 15 is 0 Å². The quantitative estimate of drug-likeness (QED) is 0.532. The Morgan fingerprint density at radius 3 is 3.05 bits per heavy atom. The van der Waals surface area contributed by atoms with Crippen LogP contribution in [0.25, 0.3) is 27.1 Å². The Balaban J connectivity index is 1.91. The molecular formula is C13H9N5S. The van der Waals surface area contributed by atoms with Crippen LogP contribution in [-0.4, -0.2) is 24.6 Å². The van der Waals surface area contributed by atoms with Crippen molar-refractivity contribution in [3.05, 3.63) is 41.9 Å². The van der Waals surface area contributed by atoms with E-state index in [1.54, 1.807) is 15.9 Å². The highest BCUT2D eigenvalue weighted by molar-refractivity contribution is 7.18. The van der Waals surface area contributed by atoms with E-state index in [1.165, 1.54) is 11.0 Å². The van der Waals surface area contributed by atoms with Crippen LogP contribution < -0.4 is 0 Å². The van der Waals surface area contributed by atoms with Gasteiger partial charge in [0.1, 0.15) is 6.33 Å². The number of nitrogens with zero attached hydrogens (tertiary/aromatic N) is 5. The van der Waals surface area contributed by atoms with Gasteiger partial charge < -0.3 is 0 Å². The molecule has 0 aliphatic carbocycles. The number of thiazole rings is 1. The Hall–Kier alpha value is -2.34. The molecule has 4 rings (SSSR count). The lowest BCUT2D eigenvalue weighted by Gasteiger charge is -2.01. The van der Waals surface area contributed by atoms with E-state index in [0.717, 1.165) is 21.7 Å². The molecule has 0 atom stereocenters. The summed E-state index contributed by atoms with van der Waals surface area (Å²) in [4.78, 5) is 12.8. The fourth-order valence-corrected chi connectivity index (χ4v) is 2.90. The Morgan fingerprint density at radius 2 is 2.11 bits per heavy atom. The van der Waals surface area contributed by atoms with Gasteiger partial charge in [-0.15, -0.1) is 11.3 Å². The summed E-state index contributed by atoms with van der Waals surface area (Å²) >= 11 is 1.71. The number of rotatable bonds is 1. The van der Waals surface area contributed by atoms with E-state index in [-0.39, 0.29) is 0 Å². The van der Waals surface area contributed by atoms with E-state index in [9.17, 15) is 0 Å². The molecule has 92 valence electrons. The van der Waals surface area contributed by atoms with Crippen molar-refractivity contribution in [2.24, 2.45) is 0 Å². The second kappa shape index (κ2) is 3.83. The van der Waals surface area contributed by atoms with Crippen molar-refractivity contribution in [3.8, 4) is 11.1 Å². The molecule has 5 nitrogen and oxygen atoms in total. The standard InChI is InChI=1S/C13H9N5S/c1-8-17-11-4-9(2-3-12(11)19-8)10-5-14-13-15-7-16-18(13)6-10/h2-7H,1H3. The van der Waals surface area contributed by atoms with Gasteiger partial charge in [-0.3, -0.25) is 0 Å². The van der Waals surface area contributed by atoms with E-state index in [2.05, 4.69) is 38.2 Å². The van der Waals surface area contributed by atoms with Gasteiger partial charge in [0.05, 0.1) is 15.2 Å². The Bertz CT molecular complexity index is 892. The lowest BCUT2D eigenvalue weighted by atomic mass is 10.1. The van der Waals surface area contributed by atoms with Crippen LogP contribution in [0.3, 0.4) is 0 Å². The third-order valence-corrected chi connectivity index (χ3v) is 3.91. The molecule has 0 aliphatic rings. The predicted octanol–water partition coefficient (Wildman–Crippen LogP) is 2.71. The summed E-state index contributed by atoms with van der Waals surface area (Å²) < 4.78 is 2.88. The third-order valence-electron chi connectivity index (χ3n) is 2.96. The third kappa shape index (κ3) is 1.68. The zero-order chi connectivity index (χ0) is 12.8. The van der Waals surface area contributed by atoms with Crippen molar-refractivity contribution in [2.75, 3.05) is 0 Å². The molecule has 0 fully saturated rings. The maximum absolute atomic E-state index is 4.51. The second-order valence-corrected chi connectivity index (χ2v) is 5.50. The highest BCUT2D eigenvalue weighted by Gasteiger charge is 2.05. The molecule has 0 saturated heterocycles. The van der Waals surface area contributed by atoms with Gasteiger partial charge in [0.25, 0.3) is 5.78 Å². The van der Waals surface area contributed by atoms with Gasteiger partial charge in [0, 0.05) is 18.0 Å². The first-order valence-electron chi connectivity index (χ1n) is 5.82. The molecule has 19 heavy (non-hydrogen) atoms. The number of aromatic nitrogens is 5. The molecule has 0 aliphatic heterocycles. The lowest BCUT2D eigenvalue weighted by Crippen LogP contribution is -1.91. The van der Waals surface area contributed by atoms with Crippen molar-refractivity contribution in [1.29, 1.82) is 0 Å². The van der Waals surface area contributed by atoms with Gasteiger partial charge >= 0.3 is 0 Å². The molecular weight excluding hydrogens is 258 g/mol. The number of benzene rings is 1. The maximum Gasteiger partial charge on any atom is 0.252 e. The fourth-order valence-electron chi connectivity index (χ4n) is 2.09. The molecule has 0 N–H and O–H groups in total. The topological polar surface area (TPSA) is 56.0 Å². The maximum atomic E-state index is 4.51. The van der Waals surface area contributed by atoms with Crippen molar-refractivity contribution in [1.82, 2.24) is 24.6 Å². The summed E-state index contributed by atoms with van der Waals surface area (Å²) in [7, 11) is 0. The molecule has 0 bridgehead atoms. The van der Waals surface area contributed by atoms with Gasteiger partial charge in [0.2, 0.25) is 0 Å². The summed E-state index contributed by atoms with van der Waals surface area (Å²) in [5.74, 6) is 0.606. The molecule has 1 aromatic carbocycles. The van der Waals surface area contributed by atoms with Crippen molar-refractivity contribution in [3.63, 3.8) is 0 Å². The smallest absolute Gasteiger partial charge is 0.241 e. The van der Waals surface area contributed by atoms with Gasteiger partial charge in [-0.25, -0.2) is 14.5 Å². The summed E-state index contributed by atoms with van der Waals surface area (Å²) in [5, 5.41) is 5.18. The molecule has 0 spiro atoms. The predicted molar refractivity (Wildman–Crippen MR) is 74.1 cm³/mol. The van der Waals surface area contributed by atoms with Crippen LogP contribution in [-0.2, 0) is 0 Å². The largest absolute Gasteiger partial charge is 0.252 e. The van der Waals surface area contributed by atoms with Gasteiger partial charge in [-0.2, -0.15) is 10.1 Å². The van der Waals surface area contributed by atoms with Crippen LogP contribution >= 0.6 is 11.3 Å². The van der Waals surface area contributed by atoms with Crippen molar-refractivity contribution in [2.45, 2.75) is 6.92 Å². The SMILES string of the molecule is Cc1nc2cc(-c3cnc4ncnn4c3)ccc2s1.